The molecule has 0 unspecified atom stereocenters. The van der Waals surface area contributed by atoms with Gasteiger partial charge in [0.05, 0.1) is 5.41 Å². The molecule has 0 amide bonds. The lowest BCUT2D eigenvalue weighted by molar-refractivity contribution is 0.660. The van der Waals surface area contributed by atoms with Crippen LogP contribution in [-0.2, 0) is 10.8 Å². The van der Waals surface area contributed by atoms with Gasteiger partial charge in [-0.2, -0.15) is 0 Å². The molecule has 1 nitrogen and oxygen atoms in total. The molecule has 63 heavy (non-hydrogen) atoms. The van der Waals surface area contributed by atoms with E-state index >= 15 is 0 Å². The molecule has 1 spiro atoms. The van der Waals surface area contributed by atoms with Crippen LogP contribution in [0.3, 0.4) is 0 Å². The van der Waals surface area contributed by atoms with E-state index in [4.69, 9.17) is 0 Å². The van der Waals surface area contributed by atoms with Gasteiger partial charge in [-0.3, -0.25) is 0 Å². The van der Waals surface area contributed by atoms with Crippen LogP contribution >= 0.6 is 0 Å². The summed E-state index contributed by atoms with van der Waals surface area (Å²) in [5.41, 5.74) is 23.6. The molecule has 13 rings (SSSR count). The van der Waals surface area contributed by atoms with E-state index in [1.54, 1.807) is 0 Å². The largest absolute Gasteiger partial charge is 0.310 e. The Hall–Kier alpha value is -7.74. The normalized spacial score (nSPS) is 14.1. The zero-order chi connectivity index (χ0) is 41.9. The molecule has 3 aliphatic rings. The van der Waals surface area contributed by atoms with Gasteiger partial charge in [-0.25, -0.2) is 0 Å². The second-order valence-electron chi connectivity index (χ2n) is 18.0. The minimum Gasteiger partial charge on any atom is -0.310 e. The number of benzene rings is 10. The van der Waals surface area contributed by atoms with Crippen molar-refractivity contribution in [1.82, 2.24) is 0 Å². The Balaban J connectivity index is 1.00. The highest BCUT2D eigenvalue weighted by Crippen LogP contribution is 2.63. The van der Waals surface area contributed by atoms with E-state index in [9.17, 15) is 0 Å². The third-order valence-electron chi connectivity index (χ3n) is 14.5. The molecule has 0 radical (unpaired) electrons. The maximum Gasteiger partial charge on any atom is 0.0726 e. The van der Waals surface area contributed by atoms with Crippen molar-refractivity contribution < 1.29 is 0 Å². The van der Waals surface area contributed by atoms with E-state index in [0.29, 0.717) is 0 Å². The number of hydrogen-bond acceptors (Lipinski definition) is 1. The number of anilines is 3. The number of fused-ring (bicyclic) bond motifs is 14. The van der Waals surface area contributed by atoms with Crippen molar-refractivity contribution in [3.8, 4) is 55.6 Å². The van der Waals surface area contributed by atoms with Crippen molar-refractivity contribution >= 4 is 27.8 Å². The van der Waals surface area contributed by atoms with E-state index in [0.717, 1.165) is 17.1 Å². The molecule has 0 heterocycles. The summed E-state index contributed by atoms with van der Waals surface area (Å²) in [4.78, 5) is 2.50. The van der Waals surface area contributed by atoms with E-state index in [1.807, 2.05) is 0 Å². The zero-order valence-corrected chi connectivity index (χ0v) is 35.3. The van der Waals surface area contributed by atoms with Crippen LogP contribution in [0.4, 0.5) is 17.1 Å². The number of hydrogen-bond donors (Lipinski definition) is 0. The van der Waals surface area contributed by atoms with Crippen molar-refractivity contribution in [3.63, 3.8) is 0 Å². The van der Waals surface area contributed by atoms with Gasteiger partial charge in [0.15, 0.2) is 0 Å². The van der Waals surface area contributed by atoms with Gasteiger partial charge in [-0.05, 0) is 148 Å². The molecule has 3 aliphatic carbocycles. The lowest BCUT2D eigenvalue weighted by Gasteiger charge is -2.32. The molecular weight excluding hydrogens is 759 g/mol. The van der Waals surface area contributed by atoms with Gasteiger partial charge < -0.3 is 4.90 Å². The van der Waals surface area contributed by atoms with Crippen molar-refractivity contribution in [1.29, 1.82) is 0 Å². The molecule has 10 aromatic rings. The first-order valence-corrected chi connectivity index (χ1v) is 22.2. The molecular formula is C62H43N. The predicted molar refractivity (Wildman–Crippen MR) is 263 cm³/mol. The average Bonchev–Trinajstić information content (AvgIpc) is 3.90. The highest BCUT2D eigenvalue weighted by molar-refractivity contribution is 5.97. The lowest BCUT2D eigenvalue weighted by Crippen LogP contribution is -2.26. The summed E-state index contributed by atoms with van der Waals surface area (Å²) in [6.45, 7) is 4.80. The summed E-state index contributed by atoms with van der Waals surface area (Å²) in [7, 11) is 0. The van der Waals surface area contributed by atoms with E-state index < -0.39 is 5.41 Å². The summed E-state index contributed by atoms with van der Waals surface area (Å²) in [5.74, 6) is 0. The highest BCUT2D eigenvalue weighted by atomic mass is 15.1. The summed E-state index contributed by atoms with van der Waals surface area (Å²) < 4.78 is 0. The van der Waals surface area contributed by atoms with E-state index in [2.05, 4.69) is 243 Å². The van der Waals surface area contributed by atoms with Gasteiger partial charge in [-0.1, -0.05) is 190 Å². The monoisotopic (exact) mass is 801 g/mol. The maximum atomic E-state index is 2.51. The molecule has 0 aromatic heterocycles. The van der Waals surface area contributed by atoms with Crippen molar-refractivity contribution in [2.45, 2.75) is 24.7 Å². The highest BCUT2D eigenvalue weighted by Gasteiger charge is 2.51. The number of nitrogens with zero attached hydrogens (tertiary/aromatic N) is 1. The molecule has 0 N–H and O–H groups in total. The molecule has 10 aromatic carbocycles. The molecule has 0 aliphatic heterocycles. The molecule has 0 atom stereocenters. The Kier molecular flexibility index (Phi) is 7.64. The van der Waals surface area contributed by atoms with Crippen LogP contribution in [0.1, 0.15) is 47.2 Å². The van der Waals surface area contributed by atoms with E-state index in [-0.39, 0.29) is 5.41 Å². The van der Waals surface area contributed by atoms with Gasteiger partial charge in [0.1, 0.15) is 0 Å². The smallest absolute Gasteiger partial charge is 0.0726 e. The molecule has 296 valence electrons. The molecule has 0 bridgehead atoms. The van der Waals surface area contributed by atoms with Crippen LogP contribution in [0.15, 0.2) is 224 Å². The average molecular weight is 802 g/mol. The summed E-state index contributed by atoms with van der Waals surface area (Å²) in [6.07, 6.45) is 0. The van der Waals surface area contributed by atoms with Crippen LogP contribution in [0.5, 0.6) is 0 Å². The second-order valence-corrected chi connectivity index (χ2v) is 18.0. The predicted octanol–water partition coefficient (Wildman–Crippen LogP) is 16.3. The van der Waals surface area contributed by atoms with E-state index in [1.165, 1.54) is 99.8 Å². The van der Waals surface area contributed by atoms with Gasteiger partial charge >= 0.3 is 0 Å². The summed E-state index contributed by atoms with van der Waals surface area (Å²) in [5, 5.41) is 2.53. The first kappa shape index (κ1) is 36.0. The topological polar surface area (TPSA) is 3.24 Å². The van der Waals surface area contributed by atoms with Crippen molar-refractivity contribution in [3.05, 3.63) is 258 Å². The third-order valence-corrected chi connectivity index (χ3v) is 14.5. The Morgan fingerprint density at radius 2 is 0.714 bits per heavy atom. The minimum absolute atomic E-state index is 0.216. The fourth-order valence-electron chi connectivity index (χ4n) is 11.5. The van der Waals surface area contributed by atoms with Crippen LogP contribution in [0, 0.1) is 0 Å². The Morgan fingerprint density at radius 3 is 1.38 bits per heavy atom. The second kappa shape index (κ2) is 13.4. The third kappa shape index (κ3) is 5.11. The van der Waals surface area contributed by atoms with Crippen molar-refractivity contribution in [2.75, 3.05) is 4.90 Å². The van der Waals surface area contributed by atoms with Crippen LogP contribution in [-0.4, -0.2) is 0 Å². The molecule has 0 fully saturated rings. The lowest BCUT2D eigenvalue weighted by atomic mass is 9.70. The van der Waals surface area contributed by atoms with Crippen LogP contribution in [0.2, 0.25) is 0 Å². The zero-order valence-electron chi connectivity index (χ0n) is 35.3. The Bertz CT molecular complexity index is 3430. The van der Waals surface area contributed by atoms with Gasteiger partial charge in [0.2, 0.25) is 0 Å². The van der Waals surface area contributed by atoms with Crippen molar-refractivity contribution in [2.24, 2.45) is 0 Å². The van der Waals surface area contributed by atoms with Gasteiger partial charge in [0.25, 0.3) is 0 Å². The van der Waals surface area contributed by atoms with Gasteiger partial charge in [-0.15, -0.1) is 0 Å². The Labute approximate surface area is 369 Å². The molecule has 0 saturated carbocycles. The van der Waals surface area contributed by atoms with Crippen LogP contribution < -0.4 is 4.90 Å². The summed E-state index contributed by atoms with van der Waals surface area (Å²) in [6, 6.07) is 84.0. The standard InChI is InChI=1S/C62H43N/c1-61(2)58-37-45(44-28-27-41-17-6-7-18-42(41)35-44)29-32-52(58)53-33-30-47(38-59(53)61)63(46-20-14-19-43(36-46)40-15-4-3-5-16-40)48-31-34-54-51-23-10-13-26-57(51)62(60(54)39-48)55-24-11-8-21-49(55)50-22-9-12-25-56(50)62/h3-39H,1-2H3. The SMILES string of the molecule is CC1(C)c2cc(-c3ccc4ccccc4c3)ccc2-c2ccc(N(c3cccc(-c4ccccc4)c3)c3ccc4c(c3)C3(c5ccccc5-c5ccccc53)c3ccccc3-4)cc21. The fraction of sp³-hybridized carbons (Fsp3) is 0.0645. The maximum absolute atomic E-state index is 2.51. The minimum atomic E-state index is -0.434. The molecule has 1 heteroatoms. The van der Waals surface area contributed by atoms with Gasteiger partial charge in [0, 0.05) is 22.5 Å². The summed E-state index contributed by atoms with van der Waals surface area (Å²) >= 11 is 0. The van der Waals surface area contributed by atoms with Crippen LogP contribution in [0.25, 0.3) is 66.4 Å². The first-order chi connectivity index (χ1) is 31.0. The quantitative estimate of drug-likeness (QED) is 0.168. The number of rotatable bonds is 5. The fourth-order valence-corrected chi connectivity index (χ4v) is 11.5. The Morgan fingerprint density at radius 1 is 0.270 bits per heavy atom. The first-order valence-electron chi connectivity index (χ1n) is 22.2. The molecule has 0 saturated heterocycles.